The number of nitrogens with zero attached hydrogens (tertiary/aromatic N) is 2. The molecule has 1 aromatic rings. The number of rotatable bonds is 2. The monoisotopic (exact) mass is 238 g/mol. The molecule has 0 bridgehead atoms. The Balaban J connectivity index is 2.11. The highest BCUT2D eigenvalue weighted by Gasteiger charge is 2.14. The van der Waals surface area contributed by atoms with Gasteiger partial charge in [-0.25, -0.2) is 10.8 Å². The number of hydrogen-bond acceptors (Lipinski definition) is 4. The van der Waals surface area contributed by atoms with Crippen LogP contribution in [0.3, 0.4) is 0 Å². The van der Waals surface area contributed by atoms with Crippen LogP contribution in [-0.2, 0) is 0 Å². The molecule has 0 aromatic carbocycles. The van der Waals surface area contributed by atoms with Crippen LogP contribution in [0.25, 0.3) is 0 Å². The first-order valence-electron chi connectivity index (χ1n) is 5.76. The van der Waals surface area contributed by atoms with Gasteiger partial charge in [-0.3, -0.25) is 4.99 Å². The second-order valence-corrected chi connectivity index (χ2v) is 5.23. The van der Waals surface area contributed by atoms with Gasteiger partial charge in [0.15, 0.2) is 5.84 Å². The lowest BCUT2D eigenvalue weighted by molar-refractivity contribution is 0.442. The van der Waals surface area contributed by atoms with Crippen molar-refractivity contribution in [1.29, 1.82) is 0 Å². The summed E-state index contributed by atoms with van der Waals surface area (Å²) in [6, 6.07) is 0.418. The van der Waals surface area contributed by atoms with Gasteiger partial charge in [0.05, 0.1) is 11.0 Å². The first-order chi connectivity index (χ1) is 7.79. The maximum atomic E-state index is 5.52. The first kappa shape index (κ1) is 11.5. The molecular formula is C11H18N4S. The van der Waals surface area contributed by atoms with E-state index in [1.807, 2.05) is 12.3 Å². The number of thiazole rings is 1. The Morgan fingerprint density at radius 1 is 1.50 bits per heavy atom. The van der Waals surface area contributed by atoms with E-state index in [1.165, 1.54) is 32.1 Å². The minimum atomic E-state index is 0.418. The van der Waals surface area contributed by atoms with Crippen molar-refractivity contribution in [2.75, 3.05) is 0 Å². The normalized spacial score (nSPS) is 18.8. The second-order valence-electron chi connectivity index (χ2n) is 4.17. The standard InChI is InChI=1S/C11H18N4S/c1-8-13-10(7-16-8)11(15-12)14-9-5-3-2-4-6-9/h7,9H,2-6,12H2,1H3,(H,14,15). The molecule has 0 amide bonds. The van der Waals surface area contributed by atoms with Gasteiger partial charge in [-0.2, -0.15) is 0 Å². The van der Waals surface area contributed by atoms with E-state index < -0.39 is 0 Å². The summed E-state index contributed by atoms with van der Waals surface area (Å²) in [5.74, 6) is 6.25. The van der Waals surface area contributed by atoms with Crippen molar-refractivity contribution in [2.45, 2.75) is 45.1 Å². The molecule has 0 spiro atoms. The summed E-state index contributed by atoms with van der Waals surface area (Å²) in [4.78, 5) is 9.05. The van der Waals surface area contributed by atoms with Gasteiger partial charge in [-0.1, -0.05) is 19.3 Å². The molecule has 0 unspecified atom stereocenters. The summed E-state index contributed by atoms with van der Waals surface area (Å²) < 4.78 is 0. The molecule has 1 saturated carbocycles. The number of hydrazine groups is 1. The molecule has 1 aliphatic carbocycles. The summed E-state index contributed by atoms with van der Waals surface area (Å²) in [6.45, 7) is 1.99. The highest BCUT2D eigenvalue weighted by Crippen LogP contribution is 2.21. The van der Waals surface area contributed by atoms with Crippen molar-refractivity contribution in [3.63, 3.8) is 0 Å². The maximum absolute atomic E-state index is 5.52. The van der Waals surface area contributed by atoms with Crippen LogP contribution in [0, 0.1) is 6.92 Å². The third kappa shape index (κ3) is 2.80. The van der Waals surface area contributed by atoms with Crippen molar-refractivity contribution in [2.24, 2.45) is 10.8 Å². The van der Waals surface area contributed by atoms with Gasteiger partial charge in [-0.15, -0.1) is 11.3 Å². The van der Waals surface area contributed by atoms with Crippen LogP contribution >= 0.6 is 11.3 Å². The van der Waals surface area contributed by atoms with Crippen LogP contribution in [0.1, 0.15) is 42.8 Å². The Bertz CT molecular complexity index is 366. The molecule has 0 saturated heterocycles. The summed E-state index contributed by atoms with van der Waals surface area (Å²) in [5.41, 5.74) is 3.54. The first-order valence-corrected chi connectivity index (χ1v) is 6.64. The van der Waals surface area contributed by atoms with Gasteiger partial charge in [0.1, 0.15) is 5.69 Å². The third-order valence-corrected chi connectivity index (χ3v) is 3.66. The lowest BCUT2D eigenvalue weighted by Crippen LogP contribution is -2.33. The Labute approximate surface area is 100.0 Å². The minimum absolute atomic E-state index is 0.418. The van der Waals surface area contributed by atoms with E-state index in [-0.39, 0.29) is 0 Å². The maximum Gasteiger partial charge on any atom is 0.162 e. The van der Waals surface area contributed by atoms with Crippen molar-refractivity contribution in [3.05, 3.63) is 16.1 Å². The van der Waals surface area contributed by atoms with Gasteiger partial charge >= 0.3 is 0 Å². The predicted molar refractivity (Wildman–Crippen MR) is 67.6 cm³/mol. The van der Waals surface area contributed by atoms with E-state index in [0.29, 0.717) is 6.04 Å². The molecule has 1 heterocycles. The van der Waals surface area contributed by atoms with E-state index in [2.05, 4.69) is 15.4 Å². The van der Waals surface area contributed by atoms with Crippen molar-refractivity contribution < 1.29 is 0 Å². The lowest BCUT2D eigenvalue weighted by Gasteiger charge is -2.18. The zero-order valence-corrected chi connectivity index (χ0v) is 10.4. The molecule has 88 valence electrons. The fraction of sp³-hybridized carbons (Fsp3) is 0.636. The van der Waals surface area contributed by atoms with E-state index >= 15 is 0 Å². The quantitative estimate of drug-likeness (QED) is 0.358. The molecule has 0 aliphatic heterocycles. The number of nitrogens with one attached hydrogen (secondary N) is 1. The average Bonchev–Trinajstić information content (AvgIpc) is 2.74. The molecule has 2 rings (SSSR count). The predicted octanol–water partition coefficient (Wildman–Crippen LogP) is 1.99. The molecule has 0 atom stereocenters. The number of aromatic nitrogens is 1. The smallest absolute Gasteiger partial charge is 0.162 e. The van der Waals surface area contributed by atoms with E-state index in [4.69, 9.17) is 5.84 Å². The highest BCUT2D eigenvalue weighted by molar-refractivity contribution is 7.09. The van der Waals surface area contributed by atoms with E-state index in [9.17, 15) is 0 Å². The van der Waals surface area contributed by atoms with Crippen LogP contribution in [0.5, 0.6) is 0 Å². The van der Waals surface area contributed by atoms with Crippen molar-refractivity contribution in [3.8, 4) is 0 Å². The van der Waals surface area contributed by atoms with Gasteiger partial charge in [0.2, 0.25) is 0 Å². The summed E-state index contributed by atoms with van der Waals surface area (Å²) in [5, 5.41) is 3.04. The largest absolute Gasteiger partial charge is 0.307 e. The SMILES string of the molecule is Cc1nc(C(=NC2CCCCC2)NN)cs1. The molecule has 3 N–H and O–H groups in total. The van der Waals surface area contributed by atoms with Crippen LogP contribution in [0.4, 0.5) is 0 Å². The minimum Gasteiger partial charge on any atom is -0.307 e. The Morgan fingerprint density at radius 2 is 2.25 bits per heavy atom. The summed E-state index contributed by atoms with van der Waals surface area (Å²) in [6.07, 6.45) is 6.25. The van der Waals surface area contributed by atoms with Gasteiger partial charge < -0.3 is 5.43 Å². The highest BCUT2D eigenvalue weighted by atomic mass is 32.1. The van der Waals surface area contributed by atoms with Crippen LogP contribution < -0.4 is 11.3 Å². The topological polar surface area (TPSA) is 63.3 Å². The number of aliphatic imine (C=N–C) groups is 1. The van der Waals surface area contributed by atoms with Crippen molar-refractivity contribution in [1.82, 2.24) is 10.4 Å². The number of aryl methyl sites for hydroxylation is 1. The molecule has 1 aliphatic rings. The Hall–Kier alpha value is -0.940. The van der Waals surface area contributed by atoms with Crippen LogP contribution in [0.2, 0.25) is 0 Å². The molecule has 0 radical (unpaired) electrons. The van der Waals surface area contributed by atoms with Gasteiger partial charge in [0.25, 0.3) is 0 Å². The van der Waals surface area contributed by atoms with Crippen molar-refractivity contribution >= 4 is 17.2 Å². The lowest BCUT2D eigenvalue weighted by atomic mass is 9.96. The molecule has 5 heteroatoms. The molecule has 1 fully saturated rings. The average molecular weight is 238 g/mol. The van der Waals surface area contributed by atoms with Gasteiger partial charge in [0, 0.05) is 5.38 Å². The summed E-state index contributed by atoms with van der Waals surface area (Å²) in [7, 11) is 0. The van der Waals surface area contributed by atoms with Crippen LogP contribution in [-0.4, -0.2) is 16.9 Å². The van der Waals surface area contributed by atoms with E-state index in [1.54, 1.807) is 11.3 Å². The molecule has 4 nitrogen and oxygen atoms in total. The van der Waals surface area contributed by atoms with Gasteiger partial charge in [-0.05, 0) is 19.8 Å². The molecule has 1 aromatic heterocycles. The zero-order valence-electron chi connectivity index (χ0n) is 9.57. The van der Waals surface area contributed by atoms with Crippen LogP contribution in [0.15, 0.2) is 10.4 Å². The fourth-order valence-electron chi connectivity index (χ4n) is 2.04. The Kier molecular flexibility index (Phi) is 3.90. The third-order valence-electron chi connectivity index (χ3n) is 2.88. The number of amidine groups is 1. The fourth-order valence-corrected chi connectivity index (χ4v) is 2.64. The van der Waals surface area contributed by atoms with E-state index in [0.717, 1.165) is 16.5 Å². The number of nitrogens with two attached hydrogens (primary N) is 1. The zero-order chi connectivity index (χ0) is 11.4. The summed E-state index contributed by atoms with van der Waals surface area (Å²) >= 11 is 1.62. The second kappa shape index (κ2) is 5.41. The Morgan fingerprint density at radius 3 is 2.81 bits per heavy atom. The molecular weight excluding hydrogens is 220 g/mol. The number of hydrogen-bond donors (Lipinski definition) is 2. The molecule has 16 heavy (non-hydrogen) atoms.